The van der Waals surface area contributed by atoms with Crippen LogP contribution in [0, 0.1) is 6.92 Å². The first-order valence-corrected chi connectivity index (χ1v) is 8.32. The predicted molar refractivity (Wildman–Crippen MR) is 77.4 cm³/mol. The lowest BCUT2D eigenvalue weighted by Crippen LogP contribution is -2.11. The first kappa shape index (κ1) is 13.5. The van der Waals surface area contributed by atoms with Crippen LogP contribution in [0.2, 0.25) is 5.02 Å². The Morgan fingerprint density at radius 3 is 2.60 bits per heavy atom. The summed E-state index contributed by atoms with van der Waals surface area (Å²) < 4.78 is 37.5. The number of nitrogens with one attached hydrogen (secondary N) is 1. The zero-order valence-electron chi connectivity index (χ0n) is 10.3. The molecule has 5 nitrogen and oxygen atoms in total. The number of benzene rings is 1. The fourth-order valence-corrected chi connectivity index (χ4v) is 4.36. The molecule has 0 saturated heterocycles. The summed E-state index contributed by atoms with van der Waals surface area (Å²) in [6.07, 6.45) is 0. The molecule has 1 N–H and O–H groups in total. The van der Waals surface area contributed by atoms with Gasteiger partial charge in [0.2, 0.25) is 6.79 Å². The normalized spacial score (nSPS) is 13.5. The average molecular weight is 332 g/mol. The SMILES string of the molecule is Cc1ccc(S(=O)(=O)Nc2cc3c(cc2Cl)OCO3)s1. The van der Waals surface area contributed by atoms with E-state index in [1.54, 1.807) is 12.1 Å². The molecule has 1 aromatic carbocycles. The highest BCUT2D eigenvalue weighted by Crippen LogP contribution is 2.40. The van der Waals surface area contributed by atoms with Crippen molar-refractivity contribution < 1.29 is 17.9 Å². The lowest BCUT2D eigenvalue weighted by atomic mass is 10.3. The van der Waals surface area contributed by atoms with Gasteiger partial charge in [0.15, 0.2) is 11.5 Å². The summed E-state index contributed by atoms with van der Waals surface area (Å²) in [5, 5.41) is 0.256. The highest BCUT2D eigenvalue weighted by atomic mass is 35.5. The molecule has 0 fully saturated rings. The number of anilines is 1. The van der Waals surface area contributed by atoms with Gasteiger partial charge in [0.25, 0.3) is 10.0 Å². The molecule has 0 radical (unpaired) electrons. The number of ether oxygens (including phenoxy) is 2. The molecule has 1 aliphatic heterocycles. The number of aryl methyl sites for hydroxylation is 1. The molecule has 20 heavy (non-hydrogen) atoms. The summed E-state index contributed by atoms with van der Waals surface area (Å²) in [4.78, 5) is 0.919. The molecule has 2 heterocycles. The molecule has 0 saturated carbocycles. The van der Waals surface area contributed by atoms with Gasteiger partial charge in [-0.25, -0.2) is 8.42 Å². The second-order valence-electron chi connectivity index (χ2n) is 4.16. The number of halogens is 1. The maximum atomic E-state index is 12.2. The summed E-state index contributed by atoms with van der Waals surface area (Å²) in [5.74, 6) is 0.972. The van der Waals surface area contributed by atoms with Crippen LogP contribution >= 0.6 is 22.9 Å². The van der Waals surface area contributed by atoms with Crippen LogP contribution in [0.25, 0.3) is 0 Å². The van der Waals surface area contributed by atoms with Gasteiger partial charge >= 0.3 is 0 Å². The van der Waals surface area contributed by atoms with Gasteiger partial charge in [-0.2, -0.15) is 0 Å². The highest BCUT2D eigenvalue weighted by Gasteiger charge is 2.21. The summed E-state index contributed by atoms with van der Waals surface area (Å²) in [7, 11) is -3.64. The smallest absolute Gasteiger partial charge is 0.271 e. The van der Waals surface area contributed by atoms with Gasteiger partial charge < -0.3 is 9.47 Å². The van der Waals surface area contributed by atoms with Gasteiger partial charge in [-0.05, 0) is 19.1 Å². The Balaban J connectivity index is 1.95. The molecule has 0 atom stereocenters. The molecule has 0 amide bonds. The van der Waals surface area contributed by atoms with Crippen molar-refractivity contribution in [1.82, 2.24) is 0 Å². The third-order valence-electron chi connectivity index (χ3n) is 2.69. The summed E-state index contributed by atoms with van der Waals surface area (Å²) in [6, 6.07) is 6.35. The third-order valence-corrected chi connectivity index (χ3v) is 5.86. The summed E-state index contributed by atoms with van der Waals surface area (Å²) in [6.45, 7) is 1.95. The summed E-state index contributed by atoms with van der Waals surface area (Å²) in [5.41, 5.74) is 0.266. The Bertz CT molecular complexity index is 770. The van der Waals surface area contributed by atoms with E-state index in [-0.39, 0.29) is 21.7 Å². The van der Waals surface area contributed by atoms with Crippen molar-refractivity contribution in [3.8, 4) is 11.5 Å². The number of fused-ring (bicyclic) bond motifs is 1. The fourth-order valence-electron chi connectivity index (χ4n) is 1.75. The Morgan fingerprint density at radius 2 is 1.95 bits per heavy atom. The standard InChI is InChI=1S/C12H10ClNO4S2/c1-7-2-3-12(19-7)20(15,16)14-9-5-11-10(4-8(9)13)17-6-18-11/h2-5,14H,6H2,1H3. The van der Waals surface area contributed by atoms with Crippen molar-refractivity contribution in [2.45, 2.75) is 11.1 Å². The van der Waals surface area contributed by atoms with E-state index < -0.39 is 10.0 Å². The molecule has 1 aromatic heterocycles. The molecule has 0 aliphatic carbocycles. The van der Waals surface area contributed by atoms with E-state index in [9.17, 15) is 8.42 Å². The maximum Gasteiger partial charge on any atom is 0.271 e. The first-order valence-electron chi connectivity index (χ1n) is 5.64. The summed E-state index contributed by atoms with van der Waals surface area (Å²) >= 11 is 7.24. The van der Waals surface area contributed by atoms with Crippen molar-refractivity contribution in [2.24, 2.45) is 0 Å². The first-order chi connectivity index (χ1) is 9.45. The lowest BCUT2D eigenvalue weighted by molar-refractivity contribution is 0.174. The number of sulfonamides is 1. The zero-order valence-corrected chi connectivity index (χ0v) is 12.7. The van der Waals surface area contributed by atoms with Gasteiger partial charge in [-0.3, -0.25) is 4.72 Å². The largest absolute Gasteiger partial charge is 0.454 e. The quantitative estimate of drug-likeness (QED) is 0.937. The van der Waals surface area contributed by atoms with E-state index in [1.165, 1.54) is 23.5 Å². The van der Waals surface area contributed by atoms with Crippen molar-refractivity contribution in [3.05, 3.63) is 34.2 Å². The highest BCUT2D eigenvalue weighted by molar-refractivity contribution is 7.94. The van der Waals surface area contributed by atoms with Crippen molar-refractivity contribution in [1.29, 1.82) is 0 Å². The van der Waals surface area contributed by atoms with E-state index in [0.29, 0.717) is 11.5 Å². The molecule has 106 valence electrons. The van der Waals surface area contributed by atoms with E-state index in [0.717, 1.165) is 4.88 Å². The topological polar surface area (TPSA) is 64.6 Å². The number of thiophene rings is 1. The molecule has 1 aliphatic rings. The predicted octanol–water partition coefficient (Wildman–Crippen LogP) is 3.24. The minimum absolute atomic E-state index is 0.103. The van der Waals surface area contributed by atoms with Crippen LogP contribution in [0.15, 0.2) is 28.5 Å². The van der Waals surface area contributed by atoms with Gasteiger partial charge in [0.1, 0.15) is 4.21 Å². The van der Waals surface area contributed by atoms with E-state index in [4.69, 9.17) is 21.1 Å². The van der Waals surface area contributed by atoms with Crippen molar-refractivity contribution >= 4 is 38.6 Å². The van der Waals surface area contributed by atoms with Crippen LogP contribution in [0.1, 0.15) is 4.88 Å². The molecular weight excluding hydrogens is 322 g/mol. The van der Waals surface area contributed by atoms with E-state index in [2.05, 4.69) is 4.72 Å². The Hall–Kier alpha value is -1.44. The minimum Gasteiger partial charge on any atom is -0.454 e. The second kappa shape index (κ2) is 4.83. The van der Waals surface area contributed by atoms with Crippen LogP contribution in [-0.2, 0) is 10.0 Å². The van der Waals surface area contributed by atoms with Crippen LogP contribution in [0.4, 0.5) is 5.69 Å². The monoisotopic (exact) mass is 331 g/mol. The molecular formula is C12H10ClNO4S2. The molecule has 8 heteroatoms. The number of hydrogen-bond acceptors (Lipinski definition) is 5. The van der Waals surface area contributed by atoms with Gasteiger partial charge in [0.05, 0.1) is 10.7 Å². The molecule has 0 unspecified atom stereocenters. The molecule has 2 aromatic rings. The second-order valence-corrected chi connectivity index (χ2v) is 7.76. The van der Waals surface area contributed by atoms with E-state index in [1.807, 2.05) is 6.92 Å². The number of hydrogen-bond donors (Lipinski definition) is 1. The lowest BCUT2D eigenvalue weighted by Gasteiger charge is -2.09. The molecule has 0 bridgehead atoms. The third kappa shape index (κ3) is 2.44. The van der Waals surface area contributed by atoms with Crippen LogP contribution in [0.3, 0.4) is 0 Å². The zero-order chi connectivity index (χ0) is 14.3. The van der Waals surface area contributed by atoms with Crippen molar-refractivity contribution in [3.63, 3.8) is 0 Å². The minimum atomic E-state index is -3.64. The van der Waals surface area contributed by atoms with E-state index >= 15 is 0 Å². The molecule has 3 rings (SSSR count). The van der Waals surface area contributed by atoms with Gasteiger partial charge in [-0.1, -0.05) is 11.6 Å². The van der Waals surface area contributed by atoms with Gasteiger partial charge in [0, 0.05) is 17.0 Å². The Kier molecular flexibility index (Phi) is 3.27. The van der Waals surface area contributed by atoms with Crippen LogP contribution in [-0.4, -0.2) is 15.2 Å². The maximum absolute atomic E-state index is 12.2. The number of rotatable bonds is 3. The molecule has 0 spiro atoms. The van der Waals surface area contributed by atoms with Gasteiger partial charge in [-0.15, -0.1) is 11.3 Å². The average Bonchev–Trinajstić information content (AvgIpc) is 2.98. The fraction of sp³-hybridized carbons (Fsp3) is 0.167. The van der Waals surface area contributed by atoms with Crippen LogP contribution < -0.4 is 14.2 Å². The van der Waals surface area contributed by atoms with Crippen LogP contribution in [0.5, 0.6) is 11.5 Å². The Morgan fingerprint density at radius 1 is 1.25 bits per heavy atom. The Labute approximate surface area is 125 Å². The van der Waals surface area contributed by atoms with Crippen molar-refractivity contribution in [2.75, 3.05) is 11.5 Å².